The maximum Gasteiger partial charge on any atom is 0.107 e. The van der Waals surface area contributed by atoms with Gasteiger partial charge in [-0.25, -0.2) is 0 Å². The molecule has 0 spiro atoms. The van der Waals surface area contributed by atoms with Crippen molar-refractivity contribution in [1.82, 2.24) is 0 Å². The molecule has 0 saturated heterocycles. The molecule has 0 aliphatic heterocycles. The SMILES string of the molecule is C.C.C.[2HH].[2H]C.[2H]I.[2H][2H].[2H][B].[B].[V]. The largest absolute Gasteiger partial charge is 0.107 e. The quantitative estimate of drug-likeness (QED) is 0.471. The number of hydrogen-bond acceptors (Lipinski definition) is 0. The van der Waals surface area contributed by atoms with E-state index in [1.807, 2.05) is 0 Å². The molecule has 0 saturated carbocycles. The molecule has 0 aliphatic rings. The molecule has 0 atom stereocenters. The fourth-order valence-corrected chi connectivity index (χ4v) is 0. The van der Waals surface area contributed by atoms with Crippen molar-refractivity contribution in [2.45, 2.75) is 29.7 Å². The Morgan fingerprint density at radius 1 is 1.38 bits per heavy atom. The van der Waals surface area contributed by atoms with Gasteiger partial charge in [-0.05, 0) is 1.34 Å². The second kappa shape index (κ2) is 224. The summed E-state index contributed by atoms with van der Waals surface area (Å²) in [5.74, 6) is 0. The molecular weight excluding hydrogens is 248 g/mol. The fraction of sp³-hybridized carbons (Fsp3) is 1.00. The van der Waals surface area contributed by atoms with Crippen LogP contribution < -0.4 is 0 Å². The van der Waals surface area contributed by atoms with Crippen molar-refractivity contribution in [3.63, 3.8) is 0 Å². The average Bonchev–Trinajstić information content (AvgIpc) is 2.03. The Hall–Kier alpha value is 1.44. The topological polar surface area (TPSA) is 0 Å². The van der Waals surface area contributed by atoms with Gasteiger partial charge < -0.3 is 0 Å². The van der Waals surface area contributed by atoms with E-state index in [-0.39, 0.29) is 50.7 Å². The van der Waals surface area contributed by atoms with E-state index in [4.69, 9.17) is 6.27 Å². The zero-order valence-corrected chi connectivity index (χ0v) is 6.53. The molecule has 6 radical (unpaired) electrons. The first-order valence-electron chi connectivity index (χ1n) is 2.96. The third-order valence-electron chi connectivity index (χ3n) is 0. The van der Waals surface area contributed by atoms with Gasteiger partial charge in [0, 0.05) is 41.1 Å². The first-order valence-corrected chi connectivity index (χ1v) is 0. The van der Waals surface area contributed by atoms with Gasteiger partial charge in [0.25, 0.3) is 0 Å². The van der Waals surface area contributed by atoms with E-state index in [0.29, 0.717) is 0 Å². The van der Waals surface area contributed by atoms with Crippen LogP contribution in [0, 0.1) is 0 Å². The summed E-state index contributed by atoms with van der Waals surface area (Å²) in [6, 6.07) is 0. The summed E-state index contributed by atoms with van der Waals surface area (Å²) in [5, 5.41) is 0. The monoisotopic (exact) mass is 276 g/mol. The molecule has 0 heterocycles. The van der Waals surface area contributed by atoms with Crippen molar-refractivity contribution < 1.29 is 24.3 Å². The minimum atomic E-state index is 0. The number of halogens is 1. The van der Waals surface area contributed by atoms with Crippen LogP contribution in [0.15, 0.2) is 0 Å². The molecule has 0 amide bonds. The maximum atomic E-state index is 5.75. The molecule has 0 nitrogen and oxygen atoms in total. The summed E-state index contributed by atoms with van der Waals surface area (Å²) in [4.78, 5) is 0. The van der Waals surface area contributed by atoms with E-state index >= 15 is 0 Å². The van der Waals surface area contributed by atoms with Gasteiger partial charge >= 0.3 is 0 Å². The van der Waals surface area contributed by atoms with Gasteiger partial charge in [0.1, 0.15) is 0.594 Å². The predicted octanol–water partition coefficient (Wildman–Crippen LogP) is 2.62. The van der Waals surface area contributed by atoms with Gasteiger partial charge in [0.15, 0.2) is 0 Å². The molecule has 0 aromatic rings. The van der Waals surface area contributed by atoms with Crippen LogP contribution in [0.25, 0.3) is 0 Å². The summed E-state index contributed by atoms with van der Waals surface area (Å²) < 4.78 is 26.7. The van der Waals surface area contributed by atoms with Crippen molar-refractivity contribution in [1.29, 1.82) is 1.93 Å². The summed E-state index contributed by atoms with van der Waals surface area (Å²) in [7, 11) is 5.00. The Labute approximate surface area is 96.4 Å². The standard InChI is InChI=1S/4CH4.BH.B.HI.V.2H2/h4*1H4;1H;;1H;;2*1H/i1D;;;;1D;;;;1+1D;1+1/hD. The molecule has 0 aromatic heterocycles. The molecule has 4 heteroatoms. The van der Waals surface area contributed by atoms with Gasteiger partial charge in [0.2, 0.25) is 0 Å². The van der Waals surface area contributed by atoms with Crippen LogP contribution in [0.3, 0.4) is 0 Å². The Morgan fingerprint density at radius 3 is 1.38 bits per heavy atom. The molecule has 0 rings (SSSR count). The van der Waals surface area contributed by atoms with Crippen LogP contribution >= 0.6 is 23.8 Å². The van der Waals surface area contributed by atoms with Crippen molar-refractivity contribution in [2.24, 2.45) is 0 Å². The second-order valence-electron chi connectivity index (χ2n) is 0. The van der Waals surface area contributed by atoms with Crippen LogP contribution in [0.5, 0.6) is 0 Å². The van der Waals surface area contributed by atoms with Gasteiger partial charge in [-0.1, -0.05) is 29.7 Å². The Kier molecular flexibility index (Phi) is 637. The normalized spacial score (nSPS) is 3.50. The van der Waals surface area contributed by atoms with Crippen molar-refractivity contribution >= 4 is 40.6 Å². The van der Waals surface area contributed by atoms with Crippen molar-refractivity contribution in [2.75, 3.05) is 0 Å². The van der Waals surface area contributed by atoms with Crippen molar-refractivity contribution in [3.8, 4) is 0 Å². The van der Waals surface area contributed by atoms with E-state index < -0.39 is 0 Å². The molecule has 0 aliphatic carbocycles. The molecule has 0 fully saturated rings. The molecule has 8 heavy (non-hydrogen) atoms. The molecule has 56 valence electrons. The second-order valence-corrected chi connectivity index (χ2v) is 0. The summed E-state index contributed by atoms with van der Waals surface area (Å²) >= 11 is 1.40. The molecule has 0 aromatic carbocycles. The Morgan fingerprint density at radius 2 is 1.38 bits per heavy atom. The smallest absolute Gasteiger partial charge is 0.107 e. The van der Waals surface area contributed by atoms with Gasteiger partial charge in [-0.3, -0.25) is 0 Å². The van der Waals surface area contributed by atoms with E-state index in [0.717, 1.165) is 0 Å². The average molecular weight is 276 g/mol. The van der Waals surface area contributed by atoms with Gasteiger partial charge in [-0.15, -0.1) is 23.8 Å². The van der Waals surface area contributed by atoms with Crippen molar-refractivity contribution in [3.05, 3.63) is 0 Å². The maximum absolute atomic E-state index is 5.75. The van der Waals surface area contributed by atoms with E-state index in [1.165, 1.54) is 31.2 Å². The first kappa shape index (κ1) is 22.7. The number of rotatable bonds is 0. The Bertz CT molecular complexity index is 27.8. The predicted molar refractivity (Wildman–Crippen MR) is 59.5 cm³/mol. The van der Waals surface area contributed by atoms with Crippen LogP contribution in [-0.4, -0.2) is 18.7 Å². The third-order valence-corrected chi connectivity index (χ3v) is 0. The van der Waals surface area contributed by atoms with Crippen LogP contribution in [0.2, 0.25) is 0 Å². The van der Waals surface area contributed by atoms with Crippen LogP contribution in [0.1, 0.15) is 35.4 Å². The fourth-order valence-electron chi connectivity index (χ4n) is 0. The minimum Gasteiger partial charge on any atom is -0.107 e. The van der Waals surface area contributed by atoms with Gasteiger partial charge in [-0.2, -0.15) is 0 Å². The first-order chi connectivity index (χ1) is 4.00. The van der Waals surface area contributed by atoms with E-state index in [9.17, 15) is 0 Å². The molecule has 0 unspecified atom stereocenters. The zero-order valence-electron chi connectivity index (χ0n) is 7.98. The van der Waals surface area contributed by atoms with Crippen LogP contribution in [0.4, 0.5) is 0 Å². The van der Waals surface area contributed by atoms with Crippen LogP contribution in [-0.2, 0) is 18.6 Å². The van der Waals surface area contributed by atoms with E-state index in [2.05, 4.69) is 8.38 Å². The third kappa shape index (κ3) is 148. The Balaban J connectivity index is -0.00000000167. The molecule has 0 N–H and O–H groups in total. The molecule has 0 bridgehead atoms. The minimum absolute atomic E-state index is 0. The molecular formula is C4H22B2IV. The van der Waals surface area contributed by atoms with Gasteiger partial charge in [0.05, 0.1) is 0 Å². The number of hydrogen-bond donors (Lipinski definition) is 0. The van der Waals surface area contributed by atoms with E-state index in [1.54, 1.807) is 0 Å². The summed E-state index contributed by atoms with van der Waals surface area (Å²) in [6.45, 7) is 0. The summed E-state index contributed by atoms with van der Waals surface area (Å²) in [6.07, 6.45) is 0. The summed E-state index contributed by atoms with van der Waals surface area (Å²) in [5.41, 5.74) is 0. The zero-order chi connectivity index (χ0) is 8.00.